The number of halogens is 1. The van der Waals surface area contributed by atoms with Crippen LogP contribution in [0.2, 0.25) is 5.02 Å². The van der Waals surface area contributed by atoms with Crippen LogP contribution in [0.3, 0.4) is 0 Å². The van der Waals surface area contributed by atoms with Crippen LogP contribution < -0.4 is 10.6 Å². The van der Waals surface area contributed by atoms with E-state index in [2.05, 4.69) is 37.0 Å². The Morgan fingerprint density at radius 2 is 1.88 bits per heavy atom. The Balaban J connectivity index is 1.48. The summed E-state index contributed by atoms with van der Waals surface area (Å²) >= 11 is 5.96. The van der Waals surface area contributed by atoms with E-state index in [0.717, 1.165) is 54.4 Å². The summed E-state index contributed by atoms with van der Waals surface area (Å²) in [5.41, 5.74) is 9.27. The van der Waals surface area contributed by atoms with Crippen LogP contribution in [0.4, 0.5) is 5.82 Å². The second kappa shape index (κ2) is 6.03. The fraction of sp³-hybridized carbons (Fsp3) is 0.353. The molecule has 1 saturated heterocycles. The van der Waals surface area contributed by atoms with Gasteiger partial charge in [-0.2, -0.15) is 0 Å². The molecule has 0 bridgehead atoms. The van der Waals surface area contributed by atoms with Gasteiger partial charge in [0.1, 0.15) is 11.8 Å². The zero-order chi connectivity index (χ0) is 16.6. The Bertz CT molecular complexity index is 836. The SMILES string of the molecule is NC1(Cc2ccc(Cl)cc2)CCN(c2ncnc3[nH]cnc23)CC1. The van der Waals surface area contributed by atoms with Crippen LogP contribution in [0.1, 0.15) is 18.4 Å². The molecule has 3 N–H and O–H groups in total. The largest absolute Gasteiger partial charge is 0.355 e. The van der Waals surface area contributed by atoms with E-state index in [1.165, 1.54) is 5.56 Å². The average molecular weight is 343 g/mol. The van der Waals surface area contributed by atoms with Gasteiger partial charge in [0.15, 0.2) is 11.5 Å². The van der Waals surface area contributed by atoms with Crippen molar-refractivity contribution >= 4 is 28.6 Å². The second-order valence-electron chi connectivity index (χ2n) is 6.45. The van der Waals surface area contributed by atoms with Crippen molar-refractivity contribution in [3.63, 3.8) is 0 Å². The first-order chi connectivity index (χ1) is 11.6. The van der Waals surface area contributed by atoms with Crippen molar-refractivity contribution in [3.05, 3.63) is 47.5 Å². The highest BCUT2D eigenvalue weighted by Gasteiger charge is 2.32. The lowest BCUT2D eigenvalue weighted by Gasteiger charge is -2.40. The quantitative estimate of drug-likeness (QED) is 0.764. The molecule has 0 saturated carbocycles. The smallest absolute Gasteiger partial charge is 0.162 e. The minimum absolute atomic E-state index is 0.192. The van der Waals surface area contributed by atoms with Crippen molar-refractivity contribution in [3.8, 4) is 0 Å². The number of benzene rings is 1. The van der Waals surface area contributed by atoms with Gasteiger partial charge in [0.05, 0.1) is 6.33 Å². The summed E-state index contributed by atoms with van der Waals surface area (Å²) in [5.74, 6) is 0.884. The molecule has 2 aromatic heterocycles. The maximum absolute atomic E-state index is 6.65. The normalized spacial score (nSPS) is 17.3. The number of hydrogen-bond donors (Lipinski definition) is 2. The third kappa shape index (κ3) is 2.95. The van der Waals surface area contributed by atoms with Crippen LogP contribution in [0, 0.1) is 0 Å². The van der Waals surface area contributed by atoms with Gasteiger partial charge in [-0.25, -0.2) is 15.0 Å². The number of aromatic amines is 1. The minimum Gasteiger partial charge on any atom is -0.355 e. The molecule has 0 radical (unpaired) electrons. The molecule has 1 aliphatic heterocycles. The third-order valence-electron chi connectivity index (χ3n) is 4.73. The van der Waals surface area contributed by atoms with Crippen molar-refractivity contribution < 1.29 is 0 Å². The van der Waals surface area contributed by atoms with E-state index >= 15 is 0 Å². The number of anilines is 1. The van der Waals surface area contributed by atoms with E-state index in [4.69, 9.17) is 17.3 Å². The number of aromatic nitrogens is 4. The molecule has 0 amide bonds. The van der Waals surface area contributed by atoms with Gasteiger partial charge < -0.3 is 15.6 Å². The summed E-state index contributed by atoms with van der Waals surface area (Å²) in [7, 11) is 0. The molecule has 0 spiro atoms. The van der Waals surface area contributed by atoms with Gasteiger partial charge in [-0.05, 0) is 37.0 Å². The van der Waals surface area contributed by atoms with Crippen molar-refractivity contribution in [2.24, 2.45) is 5.73 Å². The first-order valence-corrected chi connectivity index (χ1v) is 8.43. The Labute approximate surface area is 145 Å². The van der Waals surface area contributed by atoms with E-state index in [1.807, 2.05) is 12.1 Å². The number of hydrogen-bond acceptors (Lipinski definition) is 5. The maximum Gasteiger partial charge on any atom is 0.162 e. The standard InChI is InChI=1S/C17H19ClN6/c18-13-3-1-12(2-4-13)9-17(19)5-7-24(8-6-17)16-14-15(21-10-20-14)22-11-23-16/h1-4,10-11H,5-9,19H2,(H,20,21,22,23). The second-order valence-corrected chi connectivity index (χ2v) is 6.89. The molecule has 3 aromatic rings. The molecular formula is C17H19ClN6. The fourth-order valence-electron chi connectivity index (χ4n) is 3.33. The highest BCUT2D eigenvalue weighted by molar-refractivity contribution is 6.30. The lowest BCUT2D eigenvalue weighted by molar-refractivity contribution is 0.330. The van der Waals surface area contributed by atoms with E-state index in [0.29, 0.717) is 0 Å². The summed E-state index contributed by atoms with van der Waals surface area (Å²) in [5, 5.41) is 0.756. The number of rotatable bonds is 3. The van der Waals surface area contributed by atoms with E-state index in [1.54, 1.807) is 12.7 Å². The summed E-state index contributed by atoms with van der Waals surface area (Å²) in [6.07, 6.45) is 5.91. The number of imidazole rings is 1. The van der Waals surface area contributed by atoms with Crippen LogP contribution in [-0.4, -0.2) is 38.6 Å². The van der Waals surface area contributed by atoms with Crippen molar-refractivity contribution in [1.29, 1.82) is 0 Å². The zero-order valence-electron chi connectivity index (χ0n) is 13.2. The van der Waals surface area contributed by atoms with E-state index in [-0.39, 0.29) is 5.54 Å². The first-order valence-electron chi connectivity index (χ1n) is 8.05. The van der Waals surface area contributed by atoms with Gasteiger partial charge >= 0.3 is 0 Å². The number of piperidine rings is 1. The van der Waals surface area contributed by atoms with Gasteiger partial charge in [0.25, 0.3) is 0 Å². The van der Waals surface area contributed by atoms with Crippen molar-refractivity contribution in [1.82, 2.24) is 19.9 Å². The summed E-state index contributed by atoms with van der Waals surface area (Å²) < 4.78 is 0. The zero-order valence-corrected chi connectivity index (χ0v) is 14.0. The molecule has 24 heavy (non-hydrogen) atoms. The van der Waals surface area contributed by atoms with Crippen LogP contribution >= 0.6 is 11.6 Å². The molecule has 1 aromatic carbocycles. The van der Waals surface area contributed by atoms with Crippen LogP contribution in [0.25, 0.3) is 11.2 Å². The molecule has 0 aliphatic carbocycles. The predicted molar refractivity (Wildman–Crippen MR) is 95.2 cm³/mol. The van der Waals surface area contributed by atoms with Gasteiger partial charge in [-0.15, -0.1) is 0 Å². The molecule has 0 unspecified atom stereocenters. The monoisotopic (exact) mass is 342 g/mol. The highest BCUT2D eigenvalue weighted by Crippen LogP contribution is 2.29. The van der Waals surface area contributed by atoms with E-state index < -0.39 is 0 Å². The maximum atomic E-state index is 6.65. The highest BCUT2D eigenvalue weighted by atomic mass is 35.5. The number of nitrogens with two attached hydrogens (primary N) is 1. The first kappa shape index (κ1) is 15.4. The molecule has 124 valence electrons. The molecular weight excluding hydrogens is 324 g/mol. The predicted octanol–water partition coefficient (Wildman–Crippen LogP) is 2.55. The Hall–Kier alpha value is -2.18. The van der Waals surface area contributed by atoms with Crippen LogP contribution in [0.15, 0.2) is 36.9 Å². The lowest BCUT2D eigenvalue weighted by atomic mass is 9.83. The molecule has 4 rings (SSSR count). The molecule has 7 heteroatoms. The summed E-state index contributed by atoms with van der Waals surface area (Å²) in [6.45, 7) is 1.73. The number of nitrogens with one attached hydrogen (secondary N) is 1. The summed E-state index contributed by atoms with van der Waals surface area (Å²) in [6, 6.07) is 7.96. The van der Waals surface area contributed by atoms with Gasteiger partial charge in [-0.1, -0.05) is 23.7 Å². The minimum atomic E-state index is -0.192. The van der Waals surface area contributed by atoms with Crippen LogP contribution in [-0.2, 0) is 6.42 Å². The third-order valence-corrected chi connectivity index (χ3v) is 4.98. The Morgan fingerprint density at radius 1 is 1.12 bits per heavy atom. The average Bonchev–Trinajstić information content (AvgIpc) is 3.06. The fourth-order valence-corrected chi connectivity index (χ4v) is 3.46. The van der Waals surface area contributed by atoms with Gasteiger partial charge in [0, 0.05) is 23.7 Å². The molecule has 1 aliphatic rings. The van der Waals surface area contributed by atoms with Gasteiger partial charge in [-0.3, -0.25) is 0 Å². The van der Waals surface area contributed by atoms with Gasteiger partial charge in [0.2, 0.25) is 0 Å². The molecule has 3 heterocycles. The number of H-pyrrole nitrogens is 1. The van der Waals surface area contributed by atoms with Crippen LogP contribution in [0.5, 0.6) is 0 Å². The molecule has 0 atom stereocenters. The number of nitrogens with zero attached hydrogens (tertiary/aromatic N) is 4. The number of fused-ring (bicyclic) bond motifs is 1. The summed E-state index contributed by atoms with van der Waals surface area (Å²) in [4.78, 5) is 18.2. The Kier molecular flexibility index (Phi) is 3.86. The van der Waals surface area contributed by atoms with Crippen molar-refractivity contribution in [2.45, 2.75) is 24.8 Å². The Morgan fingerprint density at radius 3 is 2.62 bits per heavy atom. The van der Waals surface area contributed by atoms with E-state index in [9.17, 15) is 0 Å². The van der Waals surface area contributed by atoms with Crippen molar-refractivity contribution in [2.75, 3.05) is 18.0 Å². The molecule has 1 fully saturated rings. The topological polar surface area (TPSA) is 83.7 Å². The molecule has 6 nitrogen and oxygen atoms in total. The lowest BCUT2D eigenvalue weighted by Crippen LogP contribution is -2.52.